The van der Waals surface area contributed by atoms with E-state index < -0.39 is 11.4 Å². The van der Waals surface area contributed by atoms with E-state index in [0.29, 0.717) is 0 Å². The van der Waals surface area contributed by atoms with Gasteiger partial charge in [-0.25, -0.2) is 0 Å². The molecule has 0 heterocycles. The number of aryl methyl sites for hydroxylation is 1. The van der Waals surface area contributed by atoms with Crippen LogP contribution in [0.2, 0.25) is 0 Å². The summed E-state index contributed by atoms with van der Waals surface area (Å²) in [6, 6.07) is 5.38. The fourth-order valence-corrected chi connectivity index (χ4v) is 2.05. The van der Waals surface area contributed by atoms with E-state index in [-0.39, 0.29) is 12.5 Å². The van der Waals surface area contributed by atoms with Crippen molar-refractivity contribution >= 4 is 5.97 Å². The third kappa shape index (κ3) is 3.23. The number of benzene rings is 1. The van der Waals surface area contributed by atoms with Gasteiger partial charge in [-0.05, 0) is 29.5 Å². The third-order valence-electron chi connectivity index (χ3n) is 3.23. The number of carbonyl (C=O) groups is 1. The summed E-state index contributed by atoms with van der Waals surface area (Å²) in [6.07, 6.45) is 0.0409. The average molecular weight is 251 g/mol. The molecule has 100 valence electrons. The SMILES string of the molecule is COc1ccc(C(N)C(C)(C)CC(=O)O)cc1C. The molecule has 0 bridgehead atoms. The molecule has 0 radical (unpaired) electrons. The summed E-state index contributed by atoms with van der Waals surface area (Å²) < 4.78 is 5.19. The number of hydrogen-bond donors (Lipinski definition) is 2. The number of aliphatic carboxylic acids is 1. The Morgan fingerprint density at radius 2 is 2.11 bits per heavy atom. The zero-order valence-electron chi connectivity index (χ0n) is 11.4. The second-order valence-electron chi connectivity index (χ2n) is 5.27. The topological polar surface area (TPSA) is 72.5 Å². The molecule has 0 saturated carbocycles. The first-order chi connectivity index (χ1) is 8.27. The number of nitrogens with two attached hydrogens (primary N) is 1. The van der Waals surface area contributed by atoms with Gasteiger partial charge in [-0.1, -0.05) is 26.0 Å². The highest BCUT2D eigenvalue weighted by molar-refractivity contribution is 5.67. The summed E-state index contributed by atoms with van der Waals surface area (Å²) in [7, 11) is 1.62. The summed E-state index contributed by atoms with van der Waals surface area (Å²) in [5, 5.41) is 8.91. The molecule has 0 saturated heterocycles. The van der Waals surface area contributed by atoms with E-state index in [1.165, 1.54) is 0 Å². The fourth-order valence-electron chi connectivity index (χ4n) is 2.05. The van der Waals surface area contributed by atoms with Crippen LogP contribution >= 0.6 is 0 Å². The molecule has 1 atom stereocenters. The molecule has 0 aliphatic carbocycles. The maximum absolute atomic E-state index is 10.8. The quantitative estimate of drug-likeness (QED) is 0.843. The third-order valence-corrected chi connectivity index (χ3v) is 3.23. The number of methoxy groups -OCH3 is 1. The smallest absolute Gasteiger partial charge is 0.303 e. The Hall–Kier alpha value is -1.55. The monoisotopic (exact) mass is 251 g/mol. The average Bonchev–Trinajstić information content (AvgIpc) is 2.26. The molecular weight excluding hydrogens is 230 g/mol. The van der Waals surface area contributed by atoms with Crippen molar-refractivity contribution in [1.82, 2.24) is 0 Å². The first-order valence-corrected chi connectivity index (χ1v) is 5.90. The molecule has 0 aromatic heterocycles. The minimum atomic E-state index is -0.833. The zero-order chi connectivity index (χ0) is 13.9. The molecule has 1 rings (SSSR count). The van der Waals surface area contributed by atoms with Gasteiger partial charge in [0.1, 0.15) is 5.75 Å². The molecule has 1 unspecified atom stereocenters. The van der Waals surface area contributed by atoms with Gasteiger partial charge in [-0.15, -0.1) is 0 Å². The lowest BCUT2D eigenvalue weighted by Gasteiger charge is -2.30. The van der Waals surface area contributed by atoms with E-state index in [4.69, 9.17) is 15.6 Å². The lowest BCUT2D eigenvalue weighted by Crippen LogP contribution is -2.31. The van der Waals surface area contributed by atoms with Gasteiger partial charge in [0, 0.05) is 6.04 Å². The molecule has 3 N–H and O–H groups in total. The predicted octanol–water partition coefficient (Wildman–Crippen LogP) is 2.50. The maximum Gasteiger partial charge on any atom is 0.303 e. The van der Waals surface area contributed by atoms with E-state index in [0.717, 1.165) is 16.9 Å². The Bertz CT molecular complexity index is 441. The second-order valence-corrected chi connectivity index (χ2v) is 5.27. The Kier molecular flexibility index (Phi) is 4.35. The van der Waals surface area contributed by atoms with E-state index in [1.807, 2.05) is 39.0 Å². The van der Waals surface area contributed by atoms with Gasteiger partial charge >= 0.3 is 5.97 Å². The summed E-state index contributed by atoms with van der Waals surface area (Å²) in [4.78, 5) is 10.8. The molecule has 0 aliphatic heterocycles. The summed E-state index contributed by atoms with van der Waals surface area (Å²) in [6.45, 7) is 5.68. The van der Waals surface area contributed by atoms with Crippen molar-refractivity contribution in [1.29, 1.82) is 0 Å². The van der Waals surface area contributed by atoms with E-state index in [2.05, 4.69) is 0 Å². The molecule has 18 heavy (non-hydrogen) atoms. The van der Waals surface area contributed by atoms with Crippen LogP contribution < -0.4 is 10.5 Å². The van der Waals surface area contributed by atoms with Crippen molar-refractivity contribution in [3.63, 3.8) is 0 Å². The molecule has 0 fully saturated rings. The highest BCUT2D eigenvalue weighted by Crippen LogP contribution is 2.35. The van der Waals surface area contributed by atoms with Crippen molar-refractivity contribution in [2.75, 3.05) is 7.11 Å². The van der Waals surface area contributed by atoms with Gasteiger partial charge in [0.2, 0.25) is 0 Å². The number of ether oxygens (including phenoxy) is 1. The fraction of sp³-hybridized carbons (Fsp3) is 0.500. The Morgan fingerprint density at radius 1 is 1.50 bits per heavy atom. The predicted molar refractivity (Wildman–Crippen MR) is 70.7 cm³/mol. The lowest BCUT2D eigenvalue weighted by atomic mass is 9.78. The minimum Gasteiger partial charge on any atom is -0.496 e. The van der Waals surface area contributed by atoms with Crippen molar-refractivity contribution in [3.05, 3.63) is 29.3 Å². The van der Waals surface area contributed by atoms with Gasteiger partial charge in [-0.3, -0.25) is 4.79 Å². The molecule has 4 nitrogen and oxygen atoms in total. The first kappa shape index (κ1) is 14.5. The lowest BCUT2D eigenvalue weighted by molar-refractivity contribution is -0.139. The van der Waals surface area contributed by atoms with Crippen molar-refractivity contribution in [2.24, 2.45) is 11.1 Å². The minimum absolute atomic E-state index is 0.0409. The van der Waals surface area contributed by atoms with Gasteiger partial charge in [0.25, 0.3) is 0 Å². The van der Waals surface area contributed by atoms with Gasteiger partial charge < -0.3 is 15.6 Å². The zero-order valence-corrected chi connectivity index (χ0v) is 11.4. The maximum atomic E-state index is 10.8. The van der Waals surface area contributed by atoms with Crippen molar-refractivity contribution in [2.45, 2.75) is 33.2 Å². The van der Waals surface area contributed by atoms with E-state index in [9.17, 15) is 4.79 Å². The highest BCUT2D eigenvalue weighted by atomic mass is 16.5. The normalized spacial score (nSPS) is 13.2. The highest BCUT2D eigenvalue weighted by Gasteiger charge is 2.30. The van der Waals surface area contributed by atoms with Crippen LogP contribution in [0.3, 0.4) is 0 Å². The van der Waals surface area contributed by atoms with Crippen molar-refractivity contribution < 1.29 is 14.6 Å². The van der Waals surface area contributed by atoms with Crippen molar-refractivity contribution in [3.8, 4) is 5.75 Å². The Morgan fingerprint density at radius 3 is 2.56 bits per heavy atom. The van der Waals surface area contributed by atoms with Gasteiger partial charge in [0.05, 0.1) is 13.5 Å². The Labute approximate surface area is 108 Å². The van der Waals surface area contributed by atoms with Gasteiger partial charge in [-0.2, -0.15) is 0 Å². The molecular formula is C14H21NO3. The summed E-state index contributed by atoms with van der Waals surface area (Å²) >= 11 is 0. The first-order valence-electron chi connectivity index (χ1n) is 5.90. The molecule has 1 aromatic carbocycles. The number of carboxylic acids is 1. The molecule has 0 amide bonds. The van der Waals surface area contributed by atoms with Crippen LogP contribution in [-0.4, -0.2) is 18.2 Å². The van der Waals surface area contributed by atoms with Crippen LogP contribution in [0.1, 0.15) is 37.4 Å². The van der Waals surface area contributed by atoms with Crippen LogP contribution in [-0.2, 0) is 4.79 Å². The Balaban J connectivity index is 2.99. The van der Waals surface area contributed by atoms with Crippen LogP contribution in [0, 0.1) is 12.3 Å². The van der Waals surface area contributed by atoms with E-state index in [1.54, 1.807) is 7.11 Å². The van der Waals surface area contributed by atoms with Crippen LogP contribution in [0.5, 0.6) is 5.75 Å². The molecule has 1 aromatic rings. The molecule has 4 heteroatoms. The molecule has 0 spiro atoms. The standard InChI is InChI=1S/C14H21NO3/c1-9-7-10(5-6-11(9)18-4)13(15)14(2,3)8-12(16)17/h5-7,13H,8,15H2,1-4H3,(H,16,17). The number of rotatable bonds is 5. The van der Waals surface area contributed by atoms with Crippen LogP contribution in [0.15, 0.2) is 18.2 Å². The van der Waals surface area contributed by atoms with Gasteiger partial charge in [0.15, 0.2) is 0 Å². The number of carboxylic acid groups (broad SMARTS) is 1. The van der Waals surface area contributed by atoms with Crippen LogP contribution in [0.25, 0.3) is 0 Å². The molecule has 0 aliphatic rings. The van der Waals surface area contributed by atoms with E-state index >= 15 is 0 Å². The largest absolute Gasteiger partial charge is 0.496 e. The second kappa shape index (κ2) is 5.40. The van der Waals surface area contributed by atoms with Crippen LogP contribution in [0.4, 0.5) is 0 Å². The summed E-state index contributed by atoms with van der Waals surface area (Å²) in [5.74, 6) is -0.0253. The number of hydrogen-bond acceptors (Lipinski definition) is 3. The summed E-state index contributed by atoms with van der Waals surface area (Å²) in [5.41, 5.74) is 7.61.